The Morgan fingerprint density at radius 1 is 1.22 bits per heavy atom. The van der Waals surface area contributed by atoms with Gasteiger partial charge in [-0.1, -0.05) is 29.8 Å². The maximum atomic E-state index is 12.4. The van der Waals surface area contributed by atoms with Gasteiger partial charge in [0.05, 0.1) is 29.3 Å². The Kier molecular flexibility index (Phi) is 4.35. The van der Waals surface area contributed by atoms with E-state index in [1.165, 1.54) is 7.11 Å². The SMILES string of the molecule is COC(=O)c1ccc2c(c1)CC[C@H]2NC(=O)c1ccccc1Cl. The van der Waals surface area contributed by atoms with Crippen LogP contribution in [0.3, 0.4) is 0 Å². The molecule has 0 saturated heterocycles. The van der Waals surface area contributed by atoms with Crippen molar-refractivity contribution >= 4 is 23.5 Å². The molecule has 1 aliphatic rings. The molecule has 3 rings (SSSR count). The standard InChI is InChI=1S/C18H16ClNO3/c1-23-18(22)12-6-8-13-11(10-12)7-9-16(13)20-17(21)14-4-2-3-5-15(14)19/h2-6,8,10,16H,7,9H2,1H3,(H,20,21)/t16-/m1/s1. The van der Waals surface area contributed by atoms with E-state index >= 15 is 0 Å². The van der Waals surface area contributed by atoms with Gasteiger partial charge in [0.25, 0.3) is 5.91 Å². The van der Waals surface area contributed by atoms with E-state index in [-0.39, 0.29) is 17.9 Å². The highest BCUT2D eigenvalue weighted by Gasteiger charge is 2.25. The molecule has 0 saturated carbocycles. The van der Waals surface area contributed by atoms with Crippen LogP contribution in [0.4, 0.5) is 0 Å². The molecule has 0 bridgehead atoms. The smallest absolute Gasteiger partial charge is 0.337 e. The summed E-state index contributed by atoms with van der Waals surface area (Å²) in [6.45, 7) is 0. The Morgan fingerprint density at radius 2 is 2.00 bits per heavy atom. The summed E-state index contributed by atoms with van der Waals surface area (Å²) in [6.07, 6.45) is 1.61. The fourth-order valence-corrected chi connectivity index (χ4v) is 3.12. The molecule has 1 N–H and O–H groups in total. The summed E-state index contributed by atoms with van der Waals surface area (Å²) in [7, 11) is 1.36. The number of fused-ring (bicyclic) bond motifs is 1. The lowest BCUT2D eigenvalue weighted by molar-refractivity contribution is 0.0600. The lowest BCUT2D eigenvalue weighted by Crippen LogP contribution is -2.27. The monoisotopic (exact) mass is 329 g/mol. The maximum absolute atomic E-state index is 12.4. The van der Waals surface area contributed by atoms with Crippen LogP contribution >= 0.6 is 11.6 Å². The minimum absolute atomic E-state index is 0.0690. The highest BCUT2D eigenvalue weighted by atomic mass is 35.5. The molecule has 1 atom stereocenters. The summed E-state index contributed by atoms with van der Waals surface area (Å²) < 4.78 is 4.74. The van der Waals surface area contributed by atoms with Gasteiger partial charge in [-0.05, 0) is 48.2 Å². The highest BCUT2D eigenvalue weighted by molar-refractivity contribution is 6.33. The molecule has 23 heavy (non-hydrogen) atoms. The Morgan fingerprint density at radius 3 is 2.74 bits per heavy atom. The number of carbonyl (C=O) groups excluding carboxylic acids is 2. The van der Waals surface area contributed by atoms with Gasteiger partial charge in [0.1, 0.15) is 0 Å². The summed E-state index contributed by atoms with van der Waals surface area (Å²) in [5.74, 6) is -0.540. The third kappa shape index (κ3) is 3.08. The van der Waals surface area contributed by atoms with Crippen LogP contribution in [-0.2, 0) is 11.2 Å². The van der Waals surface area contributed by atoms with Gasteiger partial charge in [-0.15, -0.1) is 0 Å². The lowest BCUT2D eigenvalue weighted by atomic mass is 10.0. The van der Waals surface area contributed by atoms with Gasteiger partial charge >= 0.3 is 5.97 Å². The van der Waals surface area contributed by atoms with Crippen LogP contribution in [0.25, 0.3) is 0 Å². The first-order valence-electron chi connectivity index (χ1n) is 7.36. The average Bonchev–Trinajstić information content (AvgIpc) is 2.96. The zero-order valence-corrected chi connectivity index (χ0v) is 13.4. The minimum atomic E-state index is -0.351. The van der Waals surface area contributed by atoms with Crippen molar-refractivity contribution in [2.45, 2.75) is 18.9 Å². The van der Waals surface area contributed by atoms with E-state index in [2.05, 4.69) is 5.32 Å². The second-order valence-electron chi connectivity index (χ2n) is 5.45. The van der Waals surface area contributed by atoms with E-state index in [4.69, 9.17) is 16.3 Å². The van der Waals surface area contributed by atoms with Crippen LogP contribution in [0, 0.1) is 0 Å². The molecular formula is C18H16ClNO3. The largest absolute Gasteiger partial charge is 0.465 e. The molecule has 0 aromatic heterocycles. The van der Waals surface area contributed by atoms with Crippen molar-refractivity contribution in [3.63, 3.8) is 0 Å². The van der Waals surface area contributed by atoms with Crippen LogP contribution in [0.1, 0.15) is 44.3 Å². The Balaban J connectivity index is 1.79. The number of amides is 1. The number of hydrogen-bond acceptors (Lipinski definition) is 3. The molecule has 1 aliphatic carbocycles. The average molecular weight is 330 g/mol. The third-order valence-electron chi connectivity index (χ3n) is 4.07. The number of ether oxygens (including phenoxy) is 1. The topological polar surface area (TPSA) is 55.4 Å². The van der Waals surface area contributed by atoms with E-state index < -0.39 is 0 Å². The van der Waals surface area contributed by atoms with E-state index in [1.54, 1.807) is 30.3 Å². The lowest BCUT2D eigenvalue weighted by Gasteiger charge is -2.15. The van der Waals surface area contributed by atoms with Crippen molar-refractivity contribution in [2.24, 2.45) is 0 Å². The Bertz CT molecular complexity index is 773. The predicted octanol–water partition coefficient (Wildman–Crippen LogP) is 3.54. The highest BCUT2D eigenvalue weighted by Crippen LogP contribution is 2.32. The van der Waals surface area contributed by atoms with Crippen molar-refractivity contribution < 1.29 is 14.3 Å². The molecule has 0 unspecified atom stereocenters. The Hall–Kier alpha value is -2.33. The van der Waals surface area contributed by atoms with Crippen molar-refractivity contribution in [1.29, 1.82) is 0 Å². The number of benzene rings is 2. The maximum Gasteiger partial charge on any atom is 0.337 e. The molecule has 2 aromatic carbocycles. The zero-order valence-electron chi connectivity index (χ0n) is 12.6. The van der Waals surface area contributed by atoms with Gasteiger partial charge in [-0.2, -0.15) is 0 Å². The second kappa shape index (κ2) is 6.42. The molecule has 5 heteroatoms. The van der Waals surface area contributed by atoms with Gasteiger partial charge in [0.2, 0.25) is 0 Å². The number of methoxy groups -OCH3 is 1. The number of esters is 1. The van der Waals surface area contributed by atoms with Crippen LogP contribution in [-0.4, -0.2) is 19.0 Å². The summed E-state index contributed by atoms with van der Waals surface area (Å²) in [5, 5.41) is 3.45. The minimum Gasteiger partial charge on any atom is -0.465 e. The summed E-state index contributed by atoms with van der Waals surface area (Å²) in [5.41, 5.74) is 3.11. The molecule has 0 aliphatic heterocycles. The quantitative estimate of drug-likeness (QED) is 0.876. The van der Waals surface area contributed by atoms with Crippen LogP contribution in [0.15, 0.2) is 42.5 Å². The normalized spacial score (nSPS) is 15.8. The first kappa shape index (κ1) is 15.6. The predicted molar refractivity (Wildman–Crippen MR) is 87.8 cm³/mol. The van der Waals surface area contributed by atoms with E-state index in [0.29, 0.717) is 16.1 Å². The van der Waals surface area contributed by atoms with Crippen molar-refractivity contribution in [1.82, 2.24) is 5.32 Å². The van der Waals surface area contributed by atoms with Gasteiger partial charge < -0.3 is 10.1 Å². The number of aryl methyl sites for hydroxylation is 1. The van der Waals surface area contributed by atoms with Crippen molar-refractivity contribution in [2.75, 3.05) is 7.11 Å². The van der Waals surface area contributed by atoms with Crippen molar-refractivity contribution in [3.05, 3.63) is 69.7 Å². The van der Waals surface area contributed by atoms with Gasteiger partial charge in [-0.3, -0.25) is 4.79 Å². The van der Waals surface area contributed by atoms with E-state index in [0.717, 1.165) is 24.0 Å². The third-order valence-corrected chi connectivity index (χ3v) is 4.40. The van der Waals surface area contributed by atoms with Gasteiger partial charge in [0.15, 0.2) is 0 Å². The van der Waals surface area contributed by atoms with Gasteiger partial charge in [0, 0.05) is 0 Å². The van der Waals surface area contributed by atoms with Crippen LogP contribution < -0.4 is 5.32 Å². The number of rotatable bonds is 3. The molecule has 4 nitrogen and oxygen atoms in total. The van der Waals surface area contributed by atoms with Crippen LogP contribution in [0.5, 0.6) is 0 Å². The number of carbonyl (C=O) groups is 2. The molecular weight excluding hydrogens is 314 g/mol. The fourth-order valence-electron chi connectivity index (χ4n) is 2.89. The first-order valence-corrected chi connectivity index (χ1v) is 7.74. The number of hydrogen-bond donors (Lipinski definition) is 1. The first-order chi connectivity index (χ1) is 11.1. The molecule has 2 aromatic rings. The molecule has 0 radical (unpaired) electrons. The van der Waals surface area contributed by atoms with E-state index in [9.17, 15) is 9.59 Å². The molecule has 0 spiro atoms. The molecule has 0 fully saturated rings. The molecule has 118 valence electrons. The van der Waals surface area contributed by atoms with Crippen LogP contribution in [0.2, 0.25) is 5.02 Å². The van der Waals surface area contributed by atoms with Gasteiger partial charge in [-0.25, -0.2) is 4.79 Å². The summed E-state index contributed by atoms with van der Waals surface area (Å²) >= 11 is 6.06. The summed E-state index contributed by atoms with van der Waals surface area (Å²) in [6, 6.07) is 12.3. The Labute approximate surface area is 139 Å². The second-order valence-corrected chi connectivity index (χ2v) is 5.86. The van der Waals surface area contributed by atoms with E-state index in [1.807, 2.05) is 12.1 Å². The molecule has 0 heterocycles. The zero-order chi connectivity index (χ0) is 16.4. The number of nitrogens with one attached hydrogen (secondary N) is 1. The fraction of sp³-hybridized carbons (Fsp3) is 0.222. The summed E-state index contributed by atoms with van der Waals surface area (Å²) in [4.78, 5) is 24.0. The molecule has 1 amide bonds. The van der Waals surface area contributed by atoms with Crippen molar-refractivity contribution in [3.8, 4) is 0 Å². The number of halogens is 1.